The molecule has 0 aliphatic heterocycles. The molecule has 0 bridgehead atoms. The minimum atomic E-state index is -4.51. The topological polar surface area (TPSA) is 43.6 Å². The molecule has 7 heteroatoms. The Hall–Kier alpha value is -4.26. The summed E-state index contributed by atoms with van der Waals surface area (Å²) < 4.78 is 40.5. The van der Waals surface area contributed by atoms with Crippen molar-refractivity contribution in [3.05, 3.63) is 109 Å². The molecule has 0 N–H and O–H groups in total. The van der Waals surface area contributed by atoms with Crippen LogP contribution in [0.2, 0.25) is 0 Å². The molecular weight excluding hydrogens is 425 g/mol. The van der Waals surface area contributed by atoms with E-state index >= 15 is 0 Å². The molecule has 5 rings (SSSR count). The van der Waals surface area contributed by atoms with E-state index in [1.807, 2.05) is 84.9 Å². The summed E-state index contributed by atoms with van der Waals surface area (Å²) in [6.07, 6.45) is -3.33. The lowest BCUT2D eigenvalue weighted by Crippen LogP contribution is -2.07. The summed E-state index contributed by atoms with van der Waals surface area (Å²) in [5, 5.41) is 4.69. The number of rotatable bonds is 4. The fourth-order valence-corrected chi connectivity index (χ4v) is 3.53. The van der Waals surface area contributed by atoms with Gasteiger partial charge in [0.05, 0.1) is 5.69 Å². The summed E-state index contributed by atoms with van der Waals surface area (Å²) in [6, 6.07) is 29.4. The van der Waals surface area contributed by atoms with E-state index < -0.39 is 11.9 Å². The first-order chi connectivity index (χ1) is 16.0. The van der Waals surface area contributed by atoms with Gasteiger partial charge in [-0.15, -0.1) is 5.10 Å². The summed E-state index contributed by atoms with van der Waals surface area (Å²) in [4.78, 5) is 8.28. The molecule has 0 saturated carbocycles. The van der Waals surface area contributed by atoms with E-state index in [9.17, 15) is 13.2 Å². The molecule has 0 radical (unpaired) electrons. The number of benzene rings is 3. The van der Waals surface area contributed by atoms with Crippen LogP contribution in [-0.2, 0) is 6.18 Å². The highest BCUT2D eigenvalue weighted by Crippen LogP contribution is 2.31. The normalized spacial score (nSPS) is 11.5. The first-order valence-electron chi connectivity index (χ1n) is 10.2. The standard InChI is InChI=1S/C26H17F3N4/c27-26(28,29)23-15-14-21(17-30-23)25-31-24(32-33(25)22-12-5-2-6-13-22)20-11-7-10-19(16-20)18-8-3-1-4-9-18/h1-17H. The maximum absolute atomic E-state index is 13.0. The Bertz CT molecular complexity index is 1380. The number of pyridine rings is 1. The summed E-state index contributed by atoms with van der Waals surface area (Å²) in [5.41, 5.74) is 3.10. The fraction of sp³-hybridized carbons (Fsp3) is 0.0385. The molecule has 2 heterocycles. The minimum absolute atomic E-state index is 0.405. The van der Waals surface area contributed by atoms with Crippen LogP contribution in [0.1, 0.15) is 5.69 Å². The van der Waals surface area contributed by atoms with Crippen LogP contribution in [-0.4, -0.2) is 19.7 Å². The lowest BCUT2D eigenvalue weighted by molar-refractivity contribution is -0.141. The van der Waals surface area contributed by atoms with Gasteiger partial charge in [-0.25, -0.2) is 9.67 Å². The van der Waals surface area contributed by atoms with Crippen LogP contribution in [0.4, 0.5) is 13.2 Å². The molecule has 3 aromatic carbocycles. The second-order valence-electron chi connectivity index (χ2n) is 7.38. The molecule has 162 valence electrons. The van der Waals surface area contributed by atoms with Crippen molar-refractivity contribution in [1.29, 1.82) is 0 Å². The molecule has 5 aromatic rings. The van der Waals surface area contributed by atoms with Crippen LogP contribution in [0, 0.1) is 0 Å². The van der Waals surface area contributed by atoms with Crippen molar-refractivity contribution >= 4 is 0 Å². The molecule has 0 spiro atoms. The van der Waals surface area contributed by atoms with Crippen molar-refractivity contribution in [2.75, 3.05) is 0 Å². The van der Waals surface area contributed by atoms with E-state index in [0.29, 0.717) is 17.2 Å². The minimum Gasteiger partial charge on any atom is -0.251 e. The Kier molecular flexibility index (Phi) is 5.22. The molecule has 4 nitrogen and oxygen atoms in total. The van der Waals surface area contributed by atoms with E-state index in [4.69, 9.17) is 0 Å². The number of hydrogen-bond acceptors (Lipinski definition) is 3. The summed E-state index contributed by atoms with van der Waals surface area (Å²) in [6.45, 7) is 0. The molecule has 0 atom stereocenters. The van der Waals surface area contributed by atoms with Gasteiger partial charge in [-0.05, 0) is 41.5 Å². The van der Waals surface area contributed by atoms with Crippen LogP contribution in [0.25, 0.3) is 39.6 Å². The van der Waals surface area contributed by atoms with Gasteiger partial charge in [-0.1, -0.05) is 66.7 Å². The molecule has 0 fully saturated rings. The summed E-state index contributed by atoms with van der Waals surface area (Å²) >= 11 is 0. The lowest BCUT2D eigenvalue weighted by atomic mass is 10.0. The van der Waals surface area contributed by atoms with E-state index in [0.717, 1.165) is 28.4 Å². The highest BCUT2D eigenvalue weighted by atomic mass is 19.4. The maximum atomic E-state index is 13.0. The van der Waals surface area contributed by atoms with Crippen LogP contribution < -0.4 is 0 Å². The van der Waals surface area contributed by atoms with Crippen molar-refractivity contribution in [3.8, 4) is 39.6 Å². The first kappa shape index (κ1) is 20.6. The Morgan fingerprint density at radius 3 is 1.97 bits per heavy atom. The zero-order chi connectivity index (χ0) is 22.8. The maximum Gasteiger partial charge on any atom is 0.433 e. The highest BCUT2D eigenvalue weighted by molar-refractivity contribution is 5.71. The van der Waals surface area contributed by atoms with Gasteiger partial charge in [-0.3, -0.25) is 4.98 Å². The van der Waals surface area contributed by atoms with Crippen molar-refractivity contribution in [2.24, 2.45) is 0 Å². The van der Waals surface area contributed by atoms with Gasteiger partial charge >= 0.3 is 6.18 Å². The molecule has 2 aromatic heterocycles. The summed E-state index contributed by atoms with van der Waals surface area (Å²) in [7, 11) is 0. The third-order valence-electron chi connectivity index (χ3n) is 5.15. The van der Waals surface area contributed by atoms with Crippen molar-refractivity contribution in [2.45, 2.75) is 6.18 Å². The van der Waals surface area contributed by atoms with Gasteiger partial charge < -0.3 is 0 Å². The number of halogens is 3. The number of para-hydroxylation sites is 1. The Balaban J connectivity index is 1.62. The predicted octanol–water partition coefficient (Wildman–Crippen LogP) is 6.68. The second-order valence-corrected chi connectivity index (χ2v) is 7.38. The van der Waals surface area contributed by atoms with Crippen LogP contribution in [0.15, 0.2) is 103 Å². The molecular formula is C26H17F3N4. The summed E-state index contributed by atoms with van der Waals surface area (Å²) in [5.74, 6) is 0.870. The SMILES string of the molecule is FC(F)(F)c1ccc(-c2nc(-c3cccc(-c4ccccc4)c3)nn2-c2ccccc2)cn1. The smallest absolute Gasteiger partial charge is 0.251 e. The van der Waals surface area contributed by atoms with E-state index in [1.165, 1.54) is 12.3 Å². The average molecular weight is 442 g/mol. The van der Waals surface area contributed by atoms with Crippen LogP contribution in [0.3, 0.4) is 0 Å². The average Bonchev–Trinajstić information content (AvgIpc) is 3.30. The molecule has 0 aliphatic carbocycles. The molecule has 0 saturated heterocycles. The number of hydrogen-bond donors (Lipinski definition) is 0. The lowest BCUT2D eigenvalue weighted by Gasteiger charge is -2.08. The number of aromatic nitrogens is 4. The van der Waals surface area contributed by atoms with E-state index in [-0.39, 0.29) is 0 Å². The Morgan fingerprint density at radius 1 is 0.636 bits per heavy atom. The fourth-order valence-electron chi connectivity index (χ4n) is 3.53. The van der Waals surface area contributed by atoms with Crippen molar-refractivity contribution in [1.82, 2.24) is 19.7 Å². The zero-order valence-corrected chi connectivity index (χ0v) is 17.2. The molecule has 0 aliphatic rings. The number of nitrogens with zero attached hydrogens (tertiary/aromatic N) is 4. The van der Waals surface area contributed by atoms with E-state index in [2.05, 4.69) is 15.1 Å². The predicted molar refractivity (Wildman–Crippen MR) is 120 cm³/mol. The largest absolute Gasteiger partial charge is 0.433 e. The van der Waals surface area contributed by atoms with Gasteiger partial charge in [0.25, 0.3) is 0 Å². The zero-order valence-electron chi connectivity index (χ0n) is 17.2. The number of alkyl halides is 3. The van der Waals surface area contributed by atoms with Crippen LogP contribution >= 0.6 is 0 Å². The van der Waals surface area contributed by atoms with Gasteiger partial charge in [0.15, 0.2) is 11.6 Å². The highest BCUT2D eigenvalue weighted by Gasteiger charge is 2.32. The van der Waals surface area contributed by atoms with E-state index in [1.54, 1.807) is 4.68 Å². The molecule has 0 unspecified atom stereocenters. The Morgan fingerprint density at radius 2 is 1.30 bits per heavy atom. The van der Waals surface area contributed by atoms with Crippen molar-refractivity contribution in [3.63, 3.8) is 0 Å². The Labute approximate surface area is 188 Å². The molecule has 0 amide bonds. The van der Waals surface area contributed by atoms with Crippen molar-refractivity contribution < 1.29 is 13.2 Å². The third-order valence-corrected chi connectivity index (χ3v) is 5.15. The van der Waals surface area contributed by atoms with Gasteiger partial charge in [0.2, 0.25) is 0 Å². The van der Waals surface area contributed by atoms with Gasteiger partial charge in [0.1, 0.15) is 5.69 Å². The monoisotopic (exact) mass is 442 g/mol. The third kappa shape index (κ3) is 4.25. The first-order valence-corrected chi connectivity index (χ1v) is 10.2. The second kappa shape index (κ2) is 8.35. The quantitative estimate of drug-likeness (QED) is 0.312. The van der Waals surface area contributed by atoms with Gasteiger partial charge in [0, 0.05) is 17.3 Å². The van der Waals surface area contributed by atoms with Crippen LogP contribution in [0.5, 0.6) is 0 Å². The molecule has 33 heavy (non-hydrogen) atoms. The van der Waals surface area contributed by atoms with Gasteiger partial charge in [-0.2, -0.15) is 13.2 Å².